The predicted octanol–water partition coefficient (Wildman–Crippen LogP) is 3.68. The zero-order chi connectivity index (χ0) is 13.9. The first-order chi connectivity index (χ1) is 9.03. The maximum atomic E-state index is 10.5. The second kappa shape index (κ2) is 5.95. The number of hydrogen-bond acceptors (Lipinski definition) is 3. The molecule has 2 N–H and O–H groups in total. The first-order valence-corrected chi connectivity index (χ1v) is 7.03. The molecule has 0 saturated heterocycles. The molecule has 1 aromatic heterocycles. The van der Waals surface area contributed by atoms with E-state index < -0.39 is 5.60 Å². The topological polar surface area (TPSA) is 45.4 Å². The van der Waals surface area contributed by atoms with E-state index in [2.05, 4.69) is 12.2 Å². The number of nitrogens with one attached hydrogen (secondary N) is 1. The van der Waals surface area contributed by atoms with Crippen molar-refractivity contribution in [2.75, 3.05) is 13.1 Å². The van der Waals surface area contributed by atoms with Gasteiger partial charge < -0.3 is 14.8 Å². The van der Waals surface area contributed by atoms with Gasteiger partial charge in [-0.2, -0.15) is 0 Å². The van der Waals surface area contributed by atoms with Crippen molar-refractivity contribution in [3.63, 3.8) is 0 Å². The van der Waals surface area contributed by atoms with E-state index in [1.807, 2.05) is 18.2 Å². The normalized spacial score (nSPS) is 14.7. The van der Waals surface area contributed by atoms with Gasteiger partial charge in [-0.1, -0.05) is 18.5 Å². The van der Waals surface area contributed by atoms with Crippen LogP contribution in [0.3, 0.4) is 0 Å². The number of furan rings is 1. The van der Waals surface area contributed by atoms with Gasteiger partial charge in [-0.3, -0.25) is 0 Å². The molecule has 0 radical (unpaired) electrons. The van der Waals surface area contributed by atoms with Gasteiger partial charge in [-0.25, -0.2) is 0 Å². The Labute approximate surface area is 118 Å². The number of fused-ring (bicyclic) bond motifs is 1. The van der Waals surface area contributed by atoms with Crippen molar-refractivity contribution in [3.8, 4) is 0 Å². The highest BCUT2D eigenvalue weighted by molar-refractivity contribution is 6.31. The third-order valence-corrected chi connectivity index (χ3v) is 3.46. The van der Waals surface area contributed by atoms with Gasteiger partial charge in [0.1, 0.15) is 16.9 Å². The van der Waals surface area contributed by atoms with Gasteiger partial charge in [0.25, 0.3) is 0 Å². The van der Waals surface area contributed by atoms with Crippen LogP contribution in [-0.2, 0) is 5.60 Å². The zero-order valence-electron chi connectivity index (χ0n) is 11.4. The van der Waals surface area contributed by atoms with E-state index in [1.54, 1.807) is 13.0 Å². The minimum Gasteiger partial charge on any atom is -0.458 e. The Morgan fingerprint density at radius 2 is 2.11 bits per heavy atom. The van der Waals surface area contributed by atoms with E-state index in [0.717, 1.165) is 30.5 Å². The fraction of sp³-hybridized carbons (Fsp3) is 0.467. The Hall–Kier alpha value is -1.03. The van der Waals surface area contributed by atoms with Crippen molar-refractivity contribution in [3.05, 3.63) is 35.0 Å². The van der Waals surface area contributed by atoms with Crippen molar-refractivity contribution in [1.29, 1.82) is 0 Å². The summed E-state index contributed by atoms with van der Waals surface area (Å²) < 4.78 is 5.71. The molecular formula is C15H20ClNO2. The number of hydrogen-bond donors (Lipinski definition) is 2. The Morgan fingerprint density at radius 3 is 2.84 bits per heavy atom. The average molecular weight is 282 g/mol. The average Bonchev–Trinajstić information content (AvgIpc) is 2.78. The first-order valence-electron chi connectivity index (χ1n) is 6.65. The number of rotatable bonds is 6. The summed E-state index contributed by atoms with van der Waals surface area (Å²) in [6.45, 7) is 5.62. The molecule has 0 amide bonds. The van der Waals surface area contributed by atoms with Gasteiger partial charge in [-0.15, -0.1) is 0 Å². The summed E-state index contributed by atoms with van der Waals surface area (Å²) in [4.78, 5) is 0. The van der Waals surface area contributed by atoms with Crippen LogP contribution in [0.5, 0.6) is 0 Å². The lowest BCUT2D eigenvalue weighted by Crippen LogP contribution is -2.27. The van der Waals surface area contributed by atoms with Crippen molar-refractivity contribution >= 4 is 22.6 Å². The fourth-order valence-electron chi connectivity index (χ4n) is 2.04. The Morgan fingerprint density at radius 1 is 1.32 bits per heavy atom. The highest BCUT2D eigenvalue weighted by Crippen LogP contribution is 2.31. The fourth-order valence-corrected chi connectivity index (χ4v) is 2.22. The van der Waals surface area contributed by atoms with Gasteiger partial charge in [-0.05, 0) is 57.1 Å². The van der Waals surface area contributed by atoms with Crippen molar-refractivity contribution in [2.24, 2.45) is 0 Å². The molecule has 1 aromatic carbocycles. The Balaban J connectivity index is 2.13. The Bertz CT molecular complexity index is 548. The quantitative estimate of drug-likeness (QED) is 0.794. The SMILES string of the molecule is CCCNCCC(C)(O)c1cc2cc(Cl)ccc2o1. The molecule has 0 fully saturated rings. The maximum absolute atomic E-state index is 10.5. The van der Waals surface area contributed by atoms with Crippen LogP contribution in [0.15, 0.2) is 28.7 Å². The van der Waals surface area contributed by atoms with Crippen molar-refractivity contribution in [2.45, 2.75) is 32.3 Å². The molecule has 19 heavy (non-hydrogen) atoms. The predicted molar refractivity (Wildman–Crippen MR) is 78.6 cm³/mol. The van der Waals surface area contributed by atoms with Crippen LogP contribution in [0.2, 0.25) is 5.02 Å². The van der Waals surface area contributed by atoms with Gasteiger partial charge in [0.05, 0.1) is 0 Å². The lowest BCUT2D eigenvalue weighted by Gasteiger charge is -2.20. The molecule has 3 nitrogen and oxygen atoms in total. The van der Waals surface area contributed by atoms with E-state index in [4.69, 9.17) is 16.0 Å². The molecule has 104 valence electrons. The smallest absolute Gasteiger partial charge is 0.136 e. The van der Waals surface area contributed by atoms with Crippen LogP contribution in [0.4, 0.5) is 0 Å². The lowest BCUT2D eigenvalue weighted by molar-refractivity contribution is 0.0272. The van der Waals surface area contributed by atoms with E-state index in [-0.39, 0.29) is 0 Å². The molecule has 0 spiro atoms. The monoisotopic (exact) mass is 281 g/mol. The van der Waals surface area contributed by atoms with E-state index in [9.17, 15) is 5.11 Å². The lowest BCUT2D eigenvalue weighted by atomic mass is 9.99. The number of halogens is 1. The maximum Gasteiger partial charge on any atom is 0.136 e. The molecular weight excluding hydrogens is 262 g/mol. The summed E-state index contributed by atoms with van der Waals surface area (Å²) in [6.07, 6.45) is 1.70. The highest BCUT2D eigenvalue weighted by atomic mass is 35.5. The van der Waals surface area contributed by atoms with Crippen molar-refractivity contribution < 1.29 is 9.52 Å². The van der Waals surface area contributed by atoms with Crippen LogP contribution in [-0.4, -0.2) is 18.2 Å². The zero-order valence-corrected chi connectivity index (χ0v) is 12.1. The molecule has 2 rings (SSSR count). The molecule has 0 bridgehead atoms. The highest BCUT2D eigenvalue weighted by Gasteiger charge is 2.26. The largest absolute Gasteiger partial charge is 0.458 e. The molecule has 2 aromatic rings. The summed E-state index contributed by atoms with van der Waals surface area (Å²) in [5.74, 6) is 0.586. The molecule has 0 aliphatic heterocycles. The molecule has 1 atom stereocenters. The first kappa shape index (κ1) is 14.4. The van der Waals surface area contributed by atoms with Gasteiger partial charge in [0, 0.05) is 10.4 Å². The number of aliphatic hydroxyl groups is 1. The molecule has 0 aliphatic rings. The summed E-state index contributed by atoms with van der Waals surface area (Å²) in [5, 5.41) is 15.4. The molecule has 1 heterocycles. The minimum atomic E-state index is -0.966. The molecule has 4 heteroatoms. The van der Waals surface area contributed by atoms with E-state index >= 15 is 0 Å². The van der Waals surface area contributed by atoms with Gasteiger partial charge in [0.15, 0.2) is 0 Å². The second-order valence-electron chi connectivity index (χ2n) is 5.07. The summed E-state index contributed by atoms with van der Waals surface area (Å²) in [6, 6.07) is 7.32. The van der Waals surface area contributed by atoms with Crippen LogP contribution in [0.25, 0.3) is 11.0 Å². The molecule has 1 unspecified atom stereocenters. The summed E-state index contributed by atoms with van der Waals surface area (Å²) >= 11 is 5.95. The molecule has 0 saturated carbocycles. The third kappa shape index (κ3) is 3.50. The van der Waals surface area contributed by atoms with Gasteiger partial charge >= 0.3 is 0 Å². The minimum absolute atomic E-state index is 0.586. The standard InChI is InChI=1S/C15H20ClNO2/c1-3-7-17-8-6-15(2,18)14-10-11-9-12(16)4-5-13(11)19-14/h4-5,9-10,17-18H,3,6-8H2,1-2H3. The van der Waals surface area contributed by atoms with E-state index in [1.165, 1.54) is 0 Å². The van der Waals surface area contributed by atoms with E-state index in [0.29, 0.717) is 17.2 Å². The van der Waals surface area contributed by atoms with Crippen LogP contribution >= 0.6 is 11.6 Å². The third-order valence-electron chi connectivity index (χ3n) is 3.22. The Kier molecular flexibility index (Phi) is 4.50. The van der Waals surface area contributed by atoms with Crippen LogP contribution in [0, 0.1) is 0 Å². The molecule has 0 aliphatic carbocycles. The van der Waals surface area contributed by atoms with Crippen LogP contribution < -0.4 is 5.32 Å². The summed E-state index contributed by atoms with van der Waals surface area (Å²) in [7, 11) is 0. The second-order valence-corrected chi connectivity index (χ2v) is 5.50. The van der Waals surface area contributed by atoms with Gasteiger partial charge in [0.2, 0.25) is 0 Å². The summed E-state index contributed by atoms with van der Waals surface area (Å²) in [5.41, 5.74) is -0.215. The number of benzene rings is 1. The van der Waals surface area contributed by atoms with Crippen LogP contribution in [0.1, 0.15) is 32.4 Å². The van der Waals surface area contributed by atoms with Crippen molar-refractivity contribution in [1.82, 2.24) is 5.32 Å².